The normalized spacial score (nSPS) is 11.5. The van der Waals surface area contributed by atoms with Crippen LogP contribution in [0.4, 0.5) is 13.2 Å². The van der Waals surface area contributed by atoms with Gasteiger partial charge in [-0.15, -0.1) is 0 Å². The Morgan fingerprint density at radius 1 is 1.05 bits per heavy atom. The summed E-state index contributed by atoms with van der Waals surface area (Å²) in [5.41, 5.74) is 0.565. The maximum atomic E-state index is 12.7. The standard InChI is InChI=1S/C15H13ClF3NO/c1-21-12-6-4-10(5-7-12)2-3-11-8-13(15(17,18)19)20-14(16)9-11/h4-9H,2-3H2,1H3. The van der Waals surface area contributed by atoms with Crippen LogP contribution in [0.15, 0.2) is 36.4 Å². The maximum absolute atomic E-state index is 12.7. The van der Waals surface area contributed by atoms with Crippen LogP contribution in [0.3, 0.4) is 0 Å². The molecule has 0 amide bonds. The quantitative estimate of drug-likeness (QED) is 0.772. The molecular weight excluding hydrogens is 303 g/mol. The molecule has 112 valence electrons. The molecule has 6 heteroatoms. The van der Waals surface area contributed by atoms with Crippen molar-refractivity contribution in [1.82, 2.24) is 4.98 Å². The first-order valence-electron chi connectivity index (χ1n) is 6.25. The molecule has 0 bridgehead atoms. The molecule has 2 rings (SSSR count). The van der Waals surface area contributed by atoms with Crippen molar-refractivity contribution in [2.75, 3.05) is 7.11 Å². The zero-order valence-corrected chi connectivity index (χ0v) is 12.0. The van der Waals surface area contributed by atoms with Crippen molar-refractivity contribution in [3.05, 3.63) is 58.4 Å². The van der Waals surface area contributed by atoms with Gasteiger partial charge in [0.15, 0.2) is 0 Å². The van der Waals surface area contributed by atoms with E-state index in [4.69, 9.17) is 16.3 Å². The Balaban J connectivity index is 2.10. The summed E-state index contributed by atoms with van der Waals surface area (Å²) in [5, 5.41) is -0.144. The first kappa shape index (κ1) is 15.6. The molecule has 0 unspecified atom stereocenters. The van der Waals surface area contributed by atoms with Gasteiger partial charge in [0.1, 0.15) is 16.6 Å². The van der Waals surface area contributed by atoms with E-state index >= 15 is 0 Å². The molecule has 0 radical (unpaired) electrons. The van der Waals surface area contributed by atoms with Crippen LogP contribution in [-0.4, -0.2) is 12.1 Å². The Labute approximate surface area is 125 Å². The number of nitrogens with zero attached hydrogens (tertiary/aromatic N) is 1. The number of pyridine rings is 1. The lowest BCUT2D eigenvalue weighted by atomic mass is 10.0. The molecule has 2 nitrogen and oxygen atoms in total. The SMILES string of the molecule is COc1ccc(CCc2cc(Cl)nc(C(F)(F)F)c2)cc1. The highest BCUT2D eigenvalue weighted by molar-refractivity contribution is 6.29. The van der Waals surface area contributed by atoms with E-state index in [0.29, 0.717) is 18.4 Å². The number of halogens is 4. The molecule has 0 aliphatic rings. The molecule has 0 aliphatic heterocycles. The molecule has 1 heterocycles. The summed E-state index contributed by atoms with van der Waals surface area (Å²) in [6, 6.07) is 9.89. The molecule has 0 saturated heterocycles. The average Bonchev–Trinajstić information content (AvgIpc) is 2.44. The summed E-state index contributed by atoms with van der Waals surface area (Å²) in [7, 11) is 1.58. The Kier molecular flexibility index (Phi) is 4.73. The van der Waals surface area contributed by atoms with E-state index in [1.54, 1.807) is 7.11 Å². The van der Waals surface area contributed by atoms with Crippen molar-refractivity contribution in [3.8, 4) is 5.75 Å². The van der Waals surface area contributed by atoms with E-state index in [-0.39, 0.29) is 5.15 Å². The molecular formula is C15H13ClF3NO. The van der Waals surface area contributed by atoms with Gasteiger partial charge in [0, 0.05) is 0 Å². The number of benzene rings is 1. The Morgan fingerprint density at radius 3 is 2.24 bits per heavy atom. The summed E-state index contributed by atoms with van der Waals surface area (Å²) >= 11 is 5.65. The van der Waals surface area contributed by atoms with Gasteiger partial charge in [-0.3, -0.25) is 0 Å². The highest BCUT2D eigenvalue weighted by Crippen LogP contribution is 2.29. The molecule has 0 aliphatic carbocycles. The highest BCUT2D eigenvalue weighted by Gasteiger charge is 2.33. The molecule has 0 N–H and O–H groups in total. The first-order valence-corrected chi connectivity index (χ1v) is 6.63. The molecule has 21 heavy (non-hydrogen) atoms. The van der Waals surface area contributed by atoms with E-state index in [1.165, 1.54) is 6.07 Å². The third-order valence-electron chi connectivity index (χ3n) is 3.01. The van der Waals surface area contributed by atoms with E-state index < -0.39 is 11.9 Å². The van der Waals surface area contributed by atoms with Crippen LogP contribution in [0.25, 0.3) is 0 Å². The molecule has 1 aromatic carbocycles. The summed E-state index contributed by atoms with van der Waals surface area (Å²) < 4.78 is 43.0. The lowest BCUT2D eigenvalue weighted by Gasteiger charge is -2.09. The van der Waals surface area contributed by atoms with Crippen LogP contribution in [-0.2, 0) is 19.0 Å². The second-order valence-corrected chi connectivity index (χ2v) is 4.92. The predicted octanol–water partition coefficient (Wildman–Crippen LogP) is 4.55. The van der Waals surface area contributed by atoms with Crippen molar-refractivity contribution in [2.24, 2.45) is 0 Å². The lowest BCUT2D eigenvalue weighted by Crippen LogP contribution is -2.09. The molecule has 1 aromatic heterocycles. The number of methoxy groups -OCH3 is 1. The number of alkyl halides is 3. The van der Waals surface area contributed by atoms with Gasteiger partial charge >= 0.3 is 6.18 Å². The third-order valence-corrected chi connectivity index (χ3v) is 3.20. The number of aromatic nitrogens is 1. The largest absolute Gasteiger partial charge is 0.497 e. The van der Waals surface area contributed by atoms with E-state index in [1.807, 2.05) is 24.3 Å². The van der Waals surface area contributed by atoms with Gasteiger partial charge in [0.05, 0.1) is 7.11 Å². The molecule has 0 atom stereocenters. The maximum Gasteiger partial charge on any atom is 0.433 e. The first-order chi connectivity index (χ1) is 9.88. The van der Waals surface area contributed by atoms with Gasteiger partial charge in [0.25, 0.3) is 0 Å². The number of hydrogen-bond acceptors (Lipinski definition) is 2. The van der Waals surface area contributed by atoms with Crippen LogP contribution < -0.4 is 4.74 Å². The minimum atomic E-state index is -4.49. The summed E-state index contributed by atoms with van der Waals surface area (Å²) in [6.45, 7) is 0. The summed E-state index contributed by atoms with van der Waals surface area (Å²) in [4.78, 5) is 3.31. The fraction of sp³-hybridized carbons (Fsp3) is 0.267. The number of aryl methyl sites for hydroxylation is 2. The zero-order valence-electron chi connectivity index (χ0n) is 11.2. The second kappa shape index (κ2) is 6.35. The van der Waals surface area contributed by atoms with Crippen LogP contribution in [0.2, 0.25) is 5.15 Å². The van der Waals surface area contributed by atoms with Gasteiger partial charge in [0.2, 0.25) is 0 Å². The van der Waals surface area contributed by atoms with Crippen molar-refractivity contribution in [2.45, 2.75) is 19.0 Å². The summed E-state index contributed by atoms with van der Waals surface area (Å²) in [5.74, 6) is 0.741. The Morgan fingerprint density at radius 2 is 1.67 bits per heavy atom. The van der Waals surface area contributed by atoms with Gasteiger partial charge in [-0.05, 0) is 48.2 Å². The third kappa shape index (κ3) is 4.36. The van der Waals surface area contributed by atoms with Crippen LogP contribution >= 0.6 is 11.6 Å². The predicted molar refractivity (Wildman–Crippen MR) is 74.7 cm³/mol. The molecule has 2 aromatic rings. The summed E-state index contributed by atoms with van der Waals surface area (Å²) in [6.07, 6.45) is -3.42. The fourth-order valence-electron chi connectivity index (χ4n) is 1.92. The number of hydrogen-bond donors (Lipinski definition) is 0. The van der Waals surface area contributed by atoms with Crippen molar-refractivity contribution < 1.29 is 17.9 Å². The molecule has 0 spiro atoms. The topological polar surface area (TPSA) is 22.1 Å². The minimum Gasteiger partial charge on any atom is -0.497 e. The van der Waals surface area contributed by atoms with Crippen LogP contribution in [0.1, 0.15) is 16.8 Å². The Hall–Kier alpha value is -1.75. The number of ether oxygens (including phenoxy) is 1. The average molecular weight is 316 g/mol. The Bertz CT molecular complexity index is 611. The van der Waals surface area contributed by atoms with Gasteiger partial charge in [-0.25, -0.2) is 4.98 Å². The van der Waals surface area contributed by atoms with E-state index in [0.717, 1.165) is 17.4 Å². The zero-order chi connectivity index (χ0) is 15.5. The van der Waals surface area contributed by atoms with E-state index in [9.17, 15) is 13.2 Å². The molecule has 0 fully saturated rings. The smallest absolute Gasteiger partial charge is 0.433 e. The lowest BCUT2D eigenvalue weighted by molar-refractivity contribution is -0.141. The minimum absolute atomic E-state index is 0.144. The second-order valence-electron chi connectivity index (χ2n) is 4.53. The fourth-order valence-corrected chi connectivity index (χ4v) is 2.15. The van der Waals surface area contributed by atoms with Crippen molar-refractivity contribution >= 4 is 11.6 Å². The van der Waals surface area contributed by atoms with Crippen LogP contribution in [0, 0.1) is 0 Å². The van der Waals surface area contributed by atoms with Crippen molar-refractivity contribution in [3.63, 3.8) is 0 Å². The van der Waals surface area contributed by atoms with Crippen LogP contribution in [0.5, 0.6) is 5.75 Å². The van der Waals surface area contributed by atoms with E-state index in [2.05, 4.69) is 4.98 Å². The van der Waals surface area contributed by atoms with Gasteiger partial charge in [-0.2, -0.15) is 13.2 Å². The molecule has 0 saturated carbocycles. The highest BCUT2D eigenvalue weighted by atomic mass is 35.5. The number of rotatable bonds is 4. The monoisotopic (exact) mass is 315 g/mol. The van der Waals surface area contributed by atoms with Gasteiger partial charge in [-0.1, -0.05) is 23.7 Å². The van der Waals surface area contributed by atoms with Crippen molar-refractivity contribution in [1.29, 1.82) is 0 Å². The van der Waals surface area contributed by atoms with Gasteiger partial charge < -0.3 is 4.74 Å².